The number of aryl methyl sites for hydroxylation is 1. The van der Waals surface area contributed by atoms with Crippen molar-refractivity contribution in [3.63, 3.8) is 0 Å². The zero-order valence-corrected chi connectivity index (χ0v) is 15.7. The van der Waals surface area contributed by atoms with Gasteiger partial charge in [-0.05, 0) is 42.8 Å². The molecule has 0 heterocycles. The molecule has 0 aliphatic rings. The number of nitrogens with one attached hydrogen (secondary N) is 3. The maximum Gasteiger partial charge on any atom is 0.253 e. The van der Waals surface area contributed by atoms with E-state index >= 15 is 0 Å². The second-order valence-corrected chi connectivity index (χ2v) is 6.46. The normalized spacial score (nSPS) is 10.2. The van der Waals surface area contributed by atoms with Crippen molar-refractivity contribution in [3.05, 3.63) is 63.4 Å². The molecule has 0 aromatic heterocycles. The lowest BCUT2D eigenvalue weighted by atomic mass is 10.2. The monoisotopic (exact) mass is 411 g/mol. The fourth-order valence-corrected chi connectivity index (χ4v) is 2.58. The molecule has 142 valence electrons. The van der Waals surface area contributed by atoms with Crippen molar-refractivity contribution in [2.75, 3.05) is 18.4 Å². The number of amides is 3. The van der Waals surface area contributed by atoms with Gasteiger partial charge in [0.2, 0.25) is 11.8 Å². The van der Waals surface area contributed by atoms with Crippen LogP contribution in [-0.4, -0.2) is 30.8 Å². The first-order valence-corrected chi connectivity index (χ1v) is 8.58. The molecular weight excluding hydrogens is 396 g/mol. The predicted molar refractivity (Wildman–Crippen MR) is 102 cm³/mol. The summed E-state index contributed by atoms with van der Waals surface area (Å²) >= 11 is 11.7. The highest BCUT2D eigenvalue weighted by molar-refractivity contribution is 6.36. The van der Waals surface area contributed by atoms with Crippen LogP contribution in [0.4, 0.5) is 10.1 Å². The number of benzene rings is 2. The molecule has 0 saturated heterocycles. The first-order chi connectivity index (χ1) is 12.8. The summed E-state index contributed by atoms with van der Waals surface area (Å²) in [6, 6.07) is 8.70. The van der Waals surface area contributed by atoms with Gasteiger partial charge in [0, 0.05) is 5.02 Å². The molecule has 9 heteroatoms. The number of halogens is 3. The zero-order valence-electron chi connectivity index (χ0n) is 14.2. The average Bonchev–Trinajstić information content (AvgIpc) is 2.60. The van der Waals surface area contributed by atoms with Crippen LogP contribution in [-0.2, 0) is 9.59 Å². The van der Waals surface area contributed by atoms with E-state index in [4.69, 9.17) is 23.2 Å². The first-order valence-electron chi connectivity index (χ1n) is 7.82. The Bertz CT molecular complexity index is 890. The van der Waals surface area contributed by atoms with Gasteiger partial charge < -0.3 is 16.0 Å². The molecule has 0 aliphatic heterocycles. The van der Waals surface area contributed by atoms with Crippen molar-refractivity contribution >= 4 is 46.6 Å². The fraction of sp³-hybridized carbons (Fsp3) is 0.167. The van der Waals surface area contributed by atoms with Gasteiger partial charge in [-0.1, -0.05) is 29.3 Å². The molecule has 3 amide bonds. The summed E-state index contributed by atoms with van der Waals surface area (Å²) in [4.78, 5) is 35.5. The van der Waals surface area contributed by atoms with E-state index in [0.717, 1.165) is 5.56 Å². The molecule has 0 fully saturated rings. The van der Waals surface area contributed by atoms with Crippen LogP contribution in [0.25, 0.3) is 0 Å². The molecular formula is C18H16Cl2FN3O3. The maximum atomic E-state index is 13.7. The van der Waals surface area contributed by atoms with E-state index in [1.807, 2.05) is 0 Å². The average molecular weight is 412 g/mol. The van der Waals surface area contributed by atoms with Crippen molar-refractivity contribution in [2.45, 2.75) is 6.92 Å². The van der Waals surface area contributed by atoms with Crippen LogP contribution < -0.4 is 16.0 Å². The van der Waals surface area contributed by atoms with Crippen LogP contribution in [0.15, 0.2) is 36.4 Å². The van der Waals surface area contributed by atoms with Crippen molar-refractivity contribution in [1.82, 2.24) is 10.6 Å². The fourth-order valence-electron chi connectivity index (χ4n) is 2.09. The minimum Gasteiger partial charge on any atom is -0.345 e. The van der Waals surface area contributed by atoms with Crippen molar-refractivity contribution in [2.24, 2.45) is 0 Å². The second kappa shape index (κ2) is 9.34. The van der Waals surface area contributed by atoms with Crippen LogP contribution in [0.3, 0.4) is 0 Å². The molecule has 3 N–H and O–H groups in total. The molecule has 0 spiro atoms. The van der Waals surface area contributed by atoms with Gasteiger partial charge in [-0.3, -0.25) is 14.4 Å². The number of rotatable bonds is 6. The highest BCUT2D eigenvalue weighted by Gasteiger charge is 2.13. The van der Waals surface area contributed by atoms with Crippen molar-refractivity contribution in [3.8, 4) is 0 Å². The van der Waals surface area contributed by atoms with Gasteiger partial charge >= 0.3 is 0 Å². The Morgan fingerprint density at radius 1 is 0.963 bits per heavy atom. The second-order valence-electron chi connectivity index (χ2n) is 5.62. The summed E-state index contributed by atoms with van der Waals surface area (Å²) < 4.78 is 13.7. The summed E-state index contributed by atoms with van der Waals surface area (Å²) in [5, 5.41) is 7.58. The van der Waals surface area contributed by atoms with Gasteiger partial charge in [-0.2, -0.15) is 0 Å². The number of carbonyl (C=O) groups excluding carboxylic acids is 3. The van der Waals surface area contributed by atoms with E-state index < -0.39 is 23.5 Å². The van der Waals surface area contributed by atoms with Gasteiger partial charge in [0.1, 0.15) is 5.82 Å². The number of hydrogen-bond acceptors (Lipinski definition) is 3. The standard InChI is InChI=1S/C18H16Cl2FN3O3/c1-10-2-5-15(14(21)6-10)24-17(26)9-22-16(25)8-23-18(27)12-4-3-11(19)7-13(12)20/h2-7H,8-9H2,1H3,(H,22,25)(H,23,27)(H,24,26). The molecule has 27 heavy (non-hydrogen) atoms. The van der Waals surface area contributed by atoms with Gasteiger partial charge in [0.05, 0.1) is 29.4 Å². The van der Waals surface area contributed by atoms with Crippen LogP contribution in [0.2, 0.25) is 10.0 Å². The Balaban J connectivity index is 1.78. The van der Waals surface area contributed by atoms with Gasteiger partial charge in [-0.15, -0.1) is 0 Å². The number of carbonyl (C=O) groups is 3. The smallest absolute Gasteiger partial charge is 0.253 e. The molecule has 2 aromatic rings. The lowest BCUT2D eigenvalue weighted by Gasteiger charge is -2.09. The van der Waals surface area contributed by atoms with E-state index in [2.05, 4.69) is 16.0 Å². The third-order valence-electron chi connectivity index (χ3n) is 3.43. The minimum absolute atomic E-state index is 0.0190. The van der Waals surface area contributed by atoms with Gasteiger partial charge in [0.15, 0.2) is 0 Å². The number of hydrogen-bond donors (Lipinski definition) is 3. The Labute approximate surface area is 165 Å². The molecule has 0 unspecified atom stereocenters. The van der Waals surface area contributed by atoms with E-state index in [9.17, 15) is 18.8 Å². The topological polar surface area (TPSA) is 87.3 Å². The summed E-state index contributed by atoms with van der Waals surface area (Å²) in [5.74, 6) is -2.31. The molecule has 0 bridgehead atoms. The van der Waals surface area contributed by atoms with Crippen LogP contribution in [0.1, 0.15) is 15.9 Å². The third-order valence-corrected chi connectivity index (χ3v) is 3.98. The van der Waals surface area contributed by atoms with Crippen molar-refractivity contribution in [1.29, 1.82) is 0 Å². The third kappa shape index (κ3) is 6.23. The Kier molecular flexibility index (Phi) is 7.15. The SMILES string of the molecule is Cc1ccc(NC(=O)CNC(=O)CNC(=O)c2ccc(Cl)cc2Cl)c(F)c1. The maximum absolute atomic E-state index is 13.7. The Morgan fingerprint density at radius 3 is 2.33 bits per heavy atom. The summed E-state index contributed by atoms with van der Waals surface area (Å²) in [7, 11) is 0. The molecule has 0 aliphatic carbocycles. The minimum atomic E-state index is -0.599. The highest BCUT2D eigenvalue weighted by atomic mass is 35.5. The van der Waals surface area contributed by atoms with Crippen LogP contribution >= 0.6 is 23.2 Å². The molecule has 0 radical (unpaired) electrons. The van der Waals surface area contributed by atoms with Crippen molar-refractivity contribution < 1.29 is 18.8 Å². The summed E-state index contributed by atoms with van der Waals surface area (Å²) in [5.41, 5.74) is 0.905. The van der Waals surface area contributed by atoms with Gasteiger partial charge in [0.25, 0.3) is 5.91 Å². The molecule has 2 rings (SSSR count). The summed E-state index contributed by atoms with van der Waals surface area (Å²) in [6.45, 7) is 0.994. The van der Waals surface area contributed by atoms with Gasteiger partial charge in [-0.25, -0.2) is 4.39 Å². The Morgan fingerprint density at radius 2 is 1.67 bits per heavy atom. The Hall–Kier alpha value is -2.64. The van der Waals surface area contributed by atoms with E-state index in [0.29, 0.717) is 5.02 Å². The predicted octanol–water partition coefficient (Wildman–Crippen LogP) is 2.93. The van der Waals surface area contributed by atoms with E-state index in [1.54, 1.807) is 13.0 Å². The summed E-state index contributed by atoms with van der Waals surface area (Å²) in [6.07, 6.45) is 0. The quantitative estimate of drug-likeness (QED) is 0.682. The highest BCUT2D eigenvalue weighted by Crippen LogP contribution is 2.20. The van der Waals surface area contributed by atoms with Crippen LogP contribution in [0, 0.1) is 12.7 Å². The molecule has 0 saturated carbocycles. The largest absolute Gasteiger partial charge is 0.345 e. The lowest BCUT2D eigenvalue weighted by Crippen LogP contribution is -2.40. The molecule has 2 aromatic carbocycles. The molecule has 0 atom stereocenters. The lowest BCUT2D eigenvalue weighted by molar-refractivity contribution is -0.123. The molecule has 6 nitrogen and oxygen atoms in total. The number of anilines is 1. The van der Waals surface area contributed by atoms with E-state index in [1.165, 1.54) is 30.3 Å². The van der Waals surface area contributed by atoms with Crippen LogP contribution in [0.5, 0.6) is 0 Å². The first kappa shape index (κ1) is 20.7. The van der Waals surface area contributed by atoms with E-state index in [-0.39, 0.29) is 29.4 Å². The zero-order chi connectivity index (χ0) is 20.0.